The molecule has 0 N–H and O–H groups in total. The van der Waals surface area contributed by atoms with Gasteiger partial charge in [0.2, 0.25) is 0 Å². The monoisotopic (exact) mass is 460 g/mol. The SMILES string of the molecule is c1ccc2c(c1)cc1c(-c3ccc(-c4cccc5c4oc4ccccc45)cc3)nc3ccccc3n12. The highest BCUT2D eigenvalue weighted by Crippen LogP contribution is 2.37. The van der Waals surface area contributed by atoms with Crippen LogP contribution < -0.4 is 0 Å². The highest BCUT2D eigenvalue weighted by Gasteiger charge is 2.15. The number of furan rings is 1. The van der Waals surface area contributed by atoms with Crippen molar-refractivity contribution in [3.05, 3.63) is 121 Å². The summed E-state index contributed by atoms with van der Waals surface area (Å²) in [6.45, 7) is 0. The fourth-order valence-corrected chi connectivity index (χ4v) is 5.51. The van der Waals surface area contributed by atoms with Gasteiger partial charge in [-0.15, -0.1) is 0 Å². The third-order valence-electron chi connectivity index (χ3n) is 7.18. The first-order valence-electron chi connectivity index (χ1n) is 12.2. The average molecular weight is 461 g/mol. The van der Waals surface area contributed by atoms with Gasteiger partial charge in [-0.05, 0) is 35.9 Å². The molecule has 0 aliphatic heterocycles. The Morgan fingerprint density at radius 3 is 2.19 bits per heavy atom. The fourth-order valence-electron chi connectivity index (χ4n) is 5.51. The molecule has 0 spiro atoms. The van der Waals surface area contributed by atoms with Gasteiger partial charge in [0.25, 0.3) is 0 Å². The standard InChI is InChI=1S/C33H20N2O/c1-4-13-28-23(8-1)20-30-32(34-27-12-3-5-14-29(27)35(28)30)22-18-16-21(17-19-22)24-10-7-11-26-25-9-2-6-15-31(25)36-33(24)26/h1-20H. The molecule has 3 heterocycles. The first-order chi connectivity index (χ1) is 17.8. The molecule has 0 saturated carbocycles. The van der Waals surface area contributed by atoms with Crippen LogP contribution in [0.1, 0.15) is 0 Å². The molecule has 8 rings (SSSR count). The van der Waals surface area contributed by atoms with Crippen LogP contribution in [0.5, 0.6) is 0 Å². The number of hydrogen-bond acceptors (Lipinski definition) is 2. The molecule has 168 valence electrons. The van der Waals surface area contributed by atoms with Crippen LogP contribution >= 0.6 is 0 Å². The maximum atomic E-state index is 6.28. The van der Waals surface area contributed by atoms with Gasteiger partial charge in [-0.25, -0.2) is 4.98 Å². The molecule has 0 bridgehead atoms. The largest absolute Gasteiger partial charge is 0.455 e. The fraction of sp³-hybridized carbons (Fsp3) is 0. The second-order valence-electron chi connectivity index (χ2n) is 9.23. The summed E-state index contributed by atoms with van der Waals surface area (Å²) in [4.78, 5) is 5.11. The molecule has 3 aromatic heterocycles. The minimum atomic E-state index is 0.916. The summed E-state index contributed by atoms with van der Waals surface area (Å²) in [6.07, 6.45) is 0. The normalized spacial score (nSPS) is 11.9. The Morgan fingerprint density at radius 1 is 0.556 bits per heavy atom. The van der Waals surface area contributed by atoms with E-state index in [-0.39, 0.29) is 0 Å². The lowest BCUT2D eigenvalue weighted by Crippen LogP contribution is -1.95. The van der Waals surface area contributed by atoms with Crippen molar-refractivity contribution in [3.8, 4) is 22.4 Å². The molecule has 0 radical (unpaired) electrons. The summed E-state index contributed by atoms with van der Waals surface area (Å²) in [6, 6.07) is 42.4. The van der Waals surface area contributed by atoms with Crippen LogP contribution in [0.25, 0.3) is 71.8 Å². The van der Waals surface area contributed by atoms with Crippen LogP contribution in [0, 0.1) is 0 Å². The highest BCUT2D eigenvalue weighted by molar-refractivity contribution is 6.09. The van der Waals surface area contributed by atoms with E-state index in [2.05, 4.69) is 108 Å². The van der Waals surface area contributed by atoms with Crippen molar-refractivity contribution in [2.45, 2.75) is 0 Å². The first-order valence-corrected chi connectivity index (χ1v) is 12.2. The second-order valence-corrected chi connectivity index (χ2v) is 9.23. The van der Waals surface area contributed by atoms with E-state index in [9.17, 15) is 0 Å². The summed E-state index contributed by atoms with van der Waals surface area (Å²) in [5.74, 6) is 0. The molecule has 0 unspecified atom stereocenters. The van der Waals surface area contributed by atoms with Crippen molar-refractivity contribution in [2.24, 2.45) is 0 Å². The Hall–Kier alpha value is -4.89. The molecule has 0 aliphatic carbocycles. The molecule has 0 amide bonds. The predicted molar refractivity (Wildman–Crippen MR) is 148 cm³/mol. The number of rotatable bonds is 2. The lowest BCUT2D eigenvalue weighted by atomic mass is 10.00. The summed E-state index contributed by atoms with van der Waals surface area (Å²) in [5, 5.41) is 3.50. The molecule has 5 aromatic carbocycles. The number of benzene rings is 5. The van der Waals surface area contributed by atoms with Crippen molar-refractivity contribution < 1.29 is 4.42 Å². The third kappa shape index (κ3) is 2.71. The van der Waals surface area contributed by atoms with E-state index in [1.54, 1.807) is 0 Å². The molecule has 36 heavy (non-hydrogen) atoms. The molecule has 0 atom stereocenters. The topological polar surface area (TPSA) is 30.4 Å². The van der Waals surface area contributed by atoms with E-state index in [1.165, 1.54) is 10.9 Å². The third-order valence-corrected chi connectivity index (χ3v) is 7.18. The second kappa shape index (κ2) is 7.30. The summed E-state index contributed by atoms with van der Waals surface area (Å²) >= 11 is 0. The zero-order chi connectivity index (χ0) is 23.6. The highest BCUT2D eigenvalue weighted by atomic mass is 16.3. The van der Waals surface area contributed by atoms with Gasteiger partial charge in [-0.1, -0.05) is 91.0 Å². The van der Waals surface area contributed by atoms with Gasteiger partial charge in [-0.2, -0.15) is 0 Å². The molecular weight excluding hydrogens is 440 g/mol. The van der Waals surface area contributed by atoms with Crippen molar-refractivity contribution in [1.29, 1.82) is 0 Å². The smallest absolute Gasteiger partial charge is 0.143 e. The molecule has 3 heteroatoms. The van der Waals surface area contributed by atoms with Gasteiger partial charge in [0.15, 0.2) is 0 Å². The Bertz CT molecular complexity index is 2100. The van der Waals surface area contributed by atoms with Crippen molar-refractivity contribution in [2.75, 3.05) is 0 Å². The van der Waals surface area contributed by atoms with Gasteiger partial charge in [0, 0.05) is 27.3 Å². The van der Waals surface area contributed by atoms with Crippen molar-refractivity contribution >= 4 is 49.4 Å². The summed E-state index contributed by atoms with van der Waals surface area (Å²) in [7, 11) is 0. The number of fused-ring (bicyclic) bond motifs is 8. The molecule has 0 fully saturated rings. The summed E-state index contributed by atoms with van der Waals surface area (Å²) in [5.41, 5.74) is 10.6. The maximum Gasteiger partial charge on any atom is 0.143 e. The average Bonchev–Trinajstić information content (AvgIpc) is 3.52. The summed E-state index contributed by atoms with van der Waals surface area (Å²) < 4.78 is 8.61. The van der Waals surface area contributed by atoms with Crippen LogP contribution in [-0.4, -0.2) is 9.38 Å². The zero-order valence-corrected chi connectivity index (χ0v) is 19.3. The number of aromatic nitrogens is 2. The van der Waals surface area contributed by atoms with Gasteiger partial charge in [-0.3, -0.25) is 0 Å². The molecule has 0 aliphatic rings. The van der Waals surface area contributed by atoms with E-state index in [1.807, 2.05) is 18.2 Å². The Labute approximate surface area is 206 Å². The van der Waals surface area contributed by atoms with Gasteiger partial charge >= 0.3 is 0 Å². The minimum absolute atomic E-state index is 0.916. The molecule has 3 nitrogen and oxygen atoms in total. The van der Waals surface area contributed by atoms with Crippen molar-refractivity contribution in [3.63, 3.8) is 0 Å². The maximum absolute atomic E-state index is 6.28. The molecular formula is C33H20N2O. The van der Waals surface area contributed by atoms with Crippen LogP contribution in [0.4, 0.5) is 0 Å². The van der Waals surface area contributed by atoms with Crippen molar-refractivity contribution in [1.82, 2.24) is 9.38 Å². The Kier molecular flexibility index (Phi) is 3.94. The number of nitrogens with zero attached hydrogens (tertiary/aromatic N) is 2. The quantitative estimate of drug-likeness (QED) is 0.258. The minimum Gasteiger partial charge on any atom is -0.455 e. The van der Waals surface area contributed by atoms with Gasteiger partial charge < -0.3 is 8.82 Å². The van der Waals surface area contributed by atoms with E-state index >= 15 is 0 Å². The number of para-hydroxylation sites is 5. The van der Waals surface area contributed by atoms with E-state index < -0.39 is 0 Å². The first kappa shape index (κ1) is 19.4. The number of hydrogen-bond donors (Lipinski definition) is 0. The van der Waals surface area contributed by atoms with E-state index in [0.717, 1.165) is 60.9 Å². The molecule has 0 saturated heterocycles. The Balaban J connectivity index is 1.33. The van der Waals surface area contributed by atoms with Crippen LogP contribution in [0.2, 0.25) is 0 Å². The van der Waals surface area contributed by atoms with Crippen LogP contribution in [0.3, 0.4) is 0 Å². The lowest BCUT2D eigenvalue weighted by molar-refractivity contribution is 0.670. The molecule has 8 aromatic rings. The van der Waals surface area contributed by atoms with E-state index in [4.69, 9.17) is 9.40 Å². The van der Waals surface area contributed by atoms with Crippen LogP contribution in [0.15, 0.2) is 126 Å². The Morgan fingerprint density at radius 2 is 1.28 bits per heavy atom. The van der Waals surface area contributed by atoms with Gasteiger partial charge in [0.1, 0.15) is 11.2 Å². The zero-order valence-electron chi connectivity index (χ0n) is 19.3. The van der Waals surface area contributed by atoms with Gasteiger partial charge in [0.05, 0.1) is 27.8 Å². The van der Waals surface area contributed by atoms with Crippen LogP contribution in [-0.2, 0) is 0 Å². The predicted octanol–water partition coefficient (Wildman–Crippen LogP) is 8.87. The lowest BCUT2D eigenvalue weighted by Gasteiger charge is -2.10. The van der Waals surface area contributed by atoms with E-state index in [0.29, 0.717) is 0 Å².